The molecule has 2 aromatic carbocycles. The van der Waals surface area contributed by atoms with Gasteiger partial charge in [-0.2, -0.15) is 0 Å². The molecule has 1 aliphatic heterocycles. The predicted molar refractivity (Wildman–Crippen MR) is 118 cm³/mol. The van der Waals surface area contributed by atoms with Crippen LogP contribution in [-0.4, -0.2) is 43.8 Å². The second-order valence-electron chi connectivity index (χ2n) is 7.77. The first-order valence-corrected chi connectivity index (χ1v) is 11.7. The molecule has 0 atom stereocenters. The minimum Gasteiger partial charge on any atom is -0.361 e. The van der Waals surface area contributed by atoms with E-state index in [-0.39, 0.29) is 10.8 Å². The van der Waals surface area contributed by atoms with E-state index in [1.807, 2.05) is 6.07 Å². The van der Waals surface area contributed by atoms with E-state index in [0.717, 1.165) is 25.9 Å². The number of benzene rings is 2. The van der Waals surface area contributed by atoms with Crippen molar-refractivity contribution in [2.75, 3.05) is 25.0 Å². The minimum atomic E-state index is -3.73. The number of likely N-dealkylation sites (tertiary alicyclic amines) is 1. The standard InChI is InChI=1S/C22H26N4O3S/c23-30(28,29)18-7-5-17(6-8-18)25-22(27)11-14-26-12-9-16(10-13-26)20-15-24-21-4-2-1-3-19(20)21/h1-8,15-16,24H,9-14H2,(H,25,27)(H2,23,28,29). The first-order chi connectivity index (χ1) is 14.4. The molecule has 1 amide bonds. The number of carbonyl (C=O) groups is 1. The van der Waals surface area contributed by atoms with Gasteiger partial charge in [0.25, 0.3) is 0 Å². The number of amides is 1. The molecule has 1 saturated heterocycles. The highest BCUT2D eigenvalue weighted by atomic mass is 32.2. The summed E-state index contributed by atoms with van der Waals surface area (Å²) in [5, 5.41) is 9.20. The third-order valence-corrected chi connectivity index (χ3v) is 6.70. The fraction of sp³-hybridized carbons (Fsp3) is 0.318. The largest absolute Gasteiger partial charge is 0.361 e. The molecule has 0 aliphatic carbocycles. The van der Waals surface area contributed by atoms with Crippen LogP contribution in [0.3, 0.4) is 0 Å². The Morgan fingerprint density at radius 2 is 1.80 bits per heavy atom. The second-order valence-corrected chi connectivity index (χ2v) is 9.33. The maximum Gasteiger partial charge on any atom is 0.238 e. The number of hydrogen-bond donors (Lipinski definition) is 3. The van der Waals surface area contributed by atoms with Crippen LogP contribution < -0.4 is 10.5 Å². The fourth-order valence-electron chi connectivity index (χ4n) is 4.11. The molecular formula is C22H26N4O3S. The summed E-state index contributed by atoms with van der Waals surface area (Å²) in [6, 6.07) is 14.3. The summed E-state index contributed by atoms with van der Waals surface area (Å²) in [6.07, 6.45) is 4.70. The molecule has 0 radical (unpaired) electrons. The summed E-state index contributed by atoms with van der Waals surface area (Å²) < 4.78 is 22.6. The van der Waals surface area contributed by atoms with Crippen molar-refractivity contribution in [1.82, 2.24) is 9.88 Å². The number of piperidine rings is 1. The van der Waals surface area contributed by atoms with Crippen LogP contribution in [0, 0.1) is 0 Å². The minimum absolute atomic E-state index is 0.0265. The second kappa shape index (κ2) is 8.59. The molecule has 4 rings (SSSR count). The molecule has 7 nitrogen and oxygen atoms in total. The van der Waals surface area contributed by atoms with E-state index >= 15 is 0 Å². The molecule has 1 aliphatic rings. The maximum atomic E-state index is 12.2. The van der Waals surface area contributed by atoms with Crippen LogP contribution in [0.2, 0.25) is 0 Å². The highest BCUT2D eigenvalue weighted by Gasteiger charge is 2.23. The van der Waals surface area contributed by atoms with Crippen molar-refractivity contribution in [2.24, 2.45) is 5.14 Å². The molecule has 0 unspecified atom stereocenters. The fourth-order valence-corrected chi connectivity index (χ4v) is 4.63. The Bertz CT molecular complexity index is 1130. The molecule has 1 aromatic heterocycles. The van der Waals surface area contributed by atoms with Crippen molar-refractivity contribution in [3.63, 3.8) is 0 Å². The SMILES string of the molecule is NS(=O)(=O)c1ccc(NC(=O)CCN2CCC(c3c[nH]c4ccccc34)CC2)cc1. The highest BCUT2D eigenvalue weighted by molar-refractivity contribution is 7.89. The molecule has 0 bridgehead atoms. The van der Waals surface area contributed by atoms with E-state index in [1.165, 1.54) is 28.6 Å². The Balaban J connectivity index is 1.25. The zero-order valence-electron chi connectivity index (χ0n) is 16.7. The first-order valence-electron chi connectivity index (χ1n) is 10.1. The summed E-state index contributed by atoms with van der Waals surface area (Å²) in [7, 11) is -3.73. The van der Waals surface area contributed by atoms with Crippen LogP contribution in [0.15, 0.2) is 59.6 Å². The van der Waals surface area contributed by atoms with Gasteiger partial charge in [-0.3, -0.25) is 4.79 Å². The number of anilines is 1. The summed E-state index contributed by atoms with van der Waals surface area (Å²) in [5.74, 6) is 0.459. The number of fused-ring (bicyclic) bond motifs is 1. The summed E-state index contributed by atoms with van der Waals surface area (Å²) in [4.78, 5) is 18.0. The number of sulfonamides is 1. The van der Waals surface area contributed by atoms with Gasteiger partial charge in [0.2, 0.25) is 15.9 Å². The normalized spacial score (nSPS) is 16.0. The molecular weight excluding hydrogens is 400 g/mol. The average Bonchev–Trinajstić information content (AvgIpc) is 3.17. The third kappa shape index (κ3) is 4.72. The van der Waals surface area contributed by atoms with Crippen molar-refractivity contribution in [2.45, 2.75) is 30.1 Å². The van der Waals surface area contributed by atoms with E-state index in [0.29, 0.717) is 24.6 Å². The molecule has 4 N–H and O–H groups in total. The van der Waals surface area contributed by atoms with Crippen molar-refractivity contribution in [3.8, 4) is 0 Å². The van der Waals surface area contributed by atoms with Gasteiger partial charge < -0.3 is 15.2 Å². The average molecular weight is 427 g/mol. The van der Waals surface area contributed by atoms with Gasteiger partial charge in [-0.15, -0.1) is 0 Å². The van der Waals surface area contributed by atoms with E-state index in [4.69, 9.17) is 5.14 Å². The van der Waals surface area contributed by atoms with Crippen LogP contribution in [-0.2, 0) is 14.8 Å². The van der Waals surface area contributed by atoms with Crippen LogP contribution in [0.1, 0.15) is 30.7 Å². The Morgan fingerprint density at radius 3 is 2.50 bits per heavy atom. The lowest BCUT2D eigenvalue weighted by Gasteiger charge is -2.31. The van der Waals surface area contributed by atoms with Crippen LogP contribution >= 0.6 is 0 Å². The number of aromatic nitrogens is 1. The van der Waals surface area contributed by atoms with Gasteiger partial charge in [-0.1, -0.05) is 18.2 Å². The molecule has 8 heteroatoms. The molecule has 0 saturated carbocycles. The topological polar surface area (TPSA) is 108 Å². The number of aromatic amines is 1. The van der Waals surface area contributed by atoms with Crippen molar-refractivity contribution >= 4 is 32.5 Å². The van der Waals surface area contributed by atoms with Gasteiger partial charge in [0.05, 0.1) is 4.90 Å². The van der Waals surface area contributed by atoms with Crippen molar-refractivity contribution in [3.05, 3.63) is 60.3 Å². The van der Waals surface area contributed by atoms with Gasteiger partial charge >= 0.3 is 0 Å². The third-order valence-electron chi connectivity index (χ3n) is 5.77. The van der Waals surface area contributed by atoms with Crippen LogP contribution in [0.5, 0.6) is 0 Å². The van der Waals surface area contributed by atoms with Crippen LogP contribution in [0.4, 0.5) is 5.69 Å². The Hall–Kier alpha value is -2.68. The molecule has 0 spiro atoms. The number of hydrogen-bond acceptors (Lipinski definition) is 4. The van der Waals surface area contributed by atoms with Gasteiger partial charge in [0.1, 0.15) is 0 Å². The Labute approximate surface area is 176 Å². The lowest BCUT2D eigenvalue weighted by Crippen LogP contribution is -2.35. The Kier molecular flexibility index (Phi) is 5.90. The van der Waals surface area contributed by atoms with Crippen molar-refractivity contribution in [1.29, 1.82) is 0 Å². The number of carbonyl (C=O) groups excluding carboxylic acids is 1. The predicted octanol–water partition coefficient (Wildman–Crippen LogP) is 3.02. The van der Waals surface area contributed by atoms with Gasteiger partial charge in [-0.05, 0) is 67.7 Å². The van der Waals surface area contributed by atoms with E-state index < -0.39 is 10.0 Å². The number of H-pyrrole nitrogens is 1. The van der Waals surface area contributed by atoms with Gasteiger partial charge in [0, 0.05) is 35.8 Å². The van der Waals surface area contributed by atoms with E-state index in [9.17, 15) is 13.2 Å². The zero-order chi connectivity index (χ0) is 21.1. The van der Waals surface area contributed by atoms with E-state index in [2.05, 4.69) is 39.6 Å². The molecule has 30 heavy (non-hydrogen) atoms. The summed E-state index contributed by atoms with van der Waals surface area (Å²) in [6.45, 7) is 2.66. The smallest absolute Gasteiger partial charge is 0.238 e. The zero-order valence-corrected chi connectivity index (χ0v) is 17.5. The van der Waals surface area contributed by atoms with Gasteiger partial charge in [0.15, 0.2) is 0 Å². The van der Waals surface area contributed by atoms with Crippen LogP contribution in [0.25, 0.3) is 10.9 Å². The van der Waals surface area contributed by atoms with E-state index in [1.54, 1.807) is 12.1 Å². The van der Waals surface area contributed by atoms with Crippen molar-refractivity contribution < 1.29 is 13.2 Å². The quantitative estimate of drug-likeness (QED) is 0.563. The number of nitrogens with zero attached hydrogens (tertiary/aromatic N) is 1. The molecule has 158 valence electrons. The molecule has 1 fully saturated rings. The number of nitrogens with one attached hydrogen (secondary N) is 2. The van der Waals surface area contributed by atoms with Gasteiger partial charge in [-0.25, -0.2) is 13.6 Å². The molecule has 3 aromatic rings. The number of rotatable bonds is 6. The maximum absolute atomic E-state index is 12.2. The summed E-state index contributed by atoms with van der Waals surface area (Å²) >= 11 is 0. The lowest BCUT2D eigenvalue weighted by atomic mass is 9.89. The number of para-hydroxylation sites is 1. The highest BCUT2D eigenvalue weighted by Crippen LogP contribution is 2.33. The Morgan fingerprint density at radius 1 is 1.10 bits per heavy atom. The summed E-state index contributed by atoms with van der Waals surface area (Å²) in [5.41, 5.74) is 3.14. The monoisotopic (exact) mass is 426 g/mol. The number of nitrogens with two attached hydrogens (primary N) is 1. The molecule has 2 heterocycles. The number of primary sulfonamides is 1. The first kappa shape index (κ1) is 20.6. The lowest BCUT2D eigenvalue weighted by molar-refractivity contribution is -0.116.